The van der Waals surface area contributed by atoms with Gasteiger partial charge in [-0.3, -0.25) is 5.32 Å². The summed E-state index contributed by atoms with van der Waals surface area (Å²) in [6.45, 7) is 4.17. The second-order valence-corrected chi connectivity index (χ2v) is 14.3. The number of likely N-dealkylation sites (tertiary alicyclic amines) is 1. The lowest BCUT2D eigenvalue weighted by molar-refractivity contribution is -0.378. The van der Waals surface area contributed by atoms with Gasteiger partial charge in [0.05, 0.1) is 14.2 Å². The summed E-state index contributed by atoms with van der Waals surface area (Å²) >= 11 is 7.93. The van der Waals surface area contributed by atoms with Crippen molar-refractivity contribution in [1.82, 2.24) is 10.2 Å². The number of H-pyrrole nitrogens is 1. The third kappa shape index (κ3) is 7.62. The average molecular weight is 705 g/mol. The molecule has 0 amide bonds. The van der Waals surface area contributed by atoms with Gasteiger partial charge < -0.3 is 23.8 Å². The van der Waals surface area contributed by atoms with Crippen molar-refractivity contribution in [3.05, 3.63) is 110 Å². The van der Waals surface area contributed by atoms with Crippen molar-refractivity contribution in [3.63, 3.8) is 0 Å². The van der Waals surface area contributed by atoms with Crippen LogP contribution in [0.1, 0.15) is 67.7 Å². The number of ether oxygens (including phenoxy) is 4. The SMILES string of the molecule is COc1ccc([C@H](Cc2c(C)c[nH+]cc2Cl)OC(=O)c2ccc(CNC3(C(=O)OC4CCN(C)CC4)CCc4ccccc43)s2)cc1OC. The number of benzene rings is 2. The van der Waals surface area contributed by atoms with Gasteiger partial charge in [-0.05, 0) is 86.2 Å². The van der Waals surface area contributed by atoms with Crippen LogP contribution >= 0.6 is 22.9 Å². The zero-order valence-corrected chi connectivity index (χ0v) is 29.9. The number of piperidine rings is 1. The Hall–Kier alpha value is -3.96. The van der Waals surface area contributed by atoms with Crippen molar-refractivity contribution in [3.8, 4) is 11.5 Å². The maximum Gasteiger partial charge on any atom is 0.348 e. The van der Waals surface area contributed by atoms with E-state index < -0.39 is 17.6 Å². The molecule has 2 atom stereocenters. The van der Waals surface area contributed by atoms with Crippen LogP contribution in [0.3, 0.4) is 0 Å². The fraction of sp³-hybridized carbons (Fsp3) is 0.395. The predicted octanol–water partition coefficient (Wildman–Crippen LogP) is 6.25. The third-order valence-electron chi connectivity index (χ3n) is 9.65. The van der Waals surface area contributed by atoms with Gasteiger partial charge in [0.15, 0.2) is 23.9 Å². The minimum atomic E-state index is -0.951. The molecule has 11 heteroatoms. The second-order valence-electron chi connectivity index (χ2n) is 12.8. The molecule has 1 saturated heterocycles. The van der Waals surface area contributed by atoms with Crippen LogP contribution in [-0.4, -0.2) is 57.3 Å². The predicted molar refractivity (Wildman–Crippen MR) is 188 cm³/mol. The monoisotopic (exact) mass is 704 g/mol. The number of rotatable bonds is 12. The lowest BCUT2D eigenvalue weighted by Crippen LogP contribution is -2.50. The maximum absolute atomic E-state index is 14.0. The highest BCUT2D eigenvalue weighted by Crippen LogP contribution is 2.40. The van der Waals surface area contributed by atoms with Gasteiger partial charge in [0, 0.05) is 36.5 Å². The van der Waals surface area contributed by atoms with Gasteiger partial charge >= 0.3 is 11.9 Å². The molecular formula is C38H43ClN3O6S+. The third-order valence-corrected chi connectivity index (χ3v) is 11.1. The van der Waals surface area contributed by atoms with Gasteiger partial charge in [-0.25, -0.2) is 14.6 Å². The minimum absolute atomic E-state index is 0.0930. The van der Waals surface area contributed by atoms with Gasteiger partial charge in [-0.15, -0.1) is 11.3 Å². The number of esters is 2. The van der Waals surface area contributed by atoms with Crippen LogP contribution in [0.2, 0.25) is 5.02 Å². The first kappa shape index (κ1) is 34.9. The van der Waals surface area contributed by atoms with Crippen LogP contribution in [0, 0.1) is 6.92 Å². The Morgan fingerprint density at radius 2 is 1.84 bits per heavy atom. The summed E-state index contributed by atoms with van der Waals surface area (Å²) in [5.74, 6) is 0.433. The first-order chi connectivity index (χ1) is 23.7. The minimum Gasteiger partial charge on any atom is -0.493 e. The number of carbonyl (C=O) groups is 2. The Morgan fingerprint density at radius 3 is 2.59 bits per heavy atom. The molecule has 258 valence electrons. The van der Waals surface area contributed by atoms with Crippen molar-refractivity contribution >= 4 is 34.9 Å². The molecular weight excluding hydrogens is 662 g/mol. The number of aryl methyl sites for hydroxylation is 2. The smallest absolute Gasteiger partial charge is 0.348 e. The zero-order chi connectivity index (χ0) is 34.5. The van der Waals surface area contributed by atoms with Crippen molar-refractivity contribution in [1.29, 1.82) is 0 Å². The van der Waals surface area contributed by atoms with E-state index in [2.05, 4.69) is 28.3 Å². The topological polar surface area (TPSA) is 100 Å². The Kier molecular flexibility index (Phi) is 10.9. The highest BCUT2D eigenvalue weighted by molar-refractivity contribution is 7.13. The normalized spacial score (nSPS) is 18.5. The molecule has 0 bridgehead atoms. The summed E-state index contributed by atoms with van der Waals surface area (Å²) in [6.07, 6.45) is 6.26. The number of pyridine rings is 1. The van der Waals surface area contributed by atoms with Gasteiger partial charge in [0.2, 0.25) is 0 Å². The number of nitrogens with zero attached hydrogens (tertiary/aromatic N) is 1. The molecule has 3 heterocycles. The zero-order valence-electron chi connectivity index (χ0n) is 28.3. The van der Waals surface area contributed by atoms with Crippen LogP contribution in [0.4, 0.5) is 0 Å². The molecule has 1 aliphatic heterocycles. The molecule has 2 N–H and O–H groups in total. The van der Waals surface area contributed by atoms with E-state index in [0.29, 0.717) is 40.8 Å². The Balaban J connectivity index is 1.20. The largest absolute Gasteiger partial charge is 0.493 e. The lowest BCUT2D eigenvalue weighted by atomic mass is 9.91. The Bertz CT molecular complexity index is 1790. The van der Waals surface area contributed by atoms with E-state index in [1.54, 1.807) is 32.5 Å². The quantitative estimate of drug-likeness (QED) is 0.173. The van der Waals surface area contributed by atoms with Crippen molar-refractivity contribution in [2.24, 2.45) is 0 Å². The first-order valence-electron chi connectivity index (χ1n) is 16.6. The highest BCUT2D eigenvalue weighted by Gasteiger charge is 2.47. The van der Waals surface area contributed by atoms with E-state index in [1.165, 1.54) is 11.3 Å². The molecule has 0 radical (unpaired) electrons. The van der Waals surface area contributed by atoms with Crippen LogP contribution in [0.15, 0.2) is 67.0 Å². The molecule has 1 aliphatic carbocycles. The van der Waals surface area contributed by atoms with Gasteiger partial charge in [0.25, 0.3) is 0 Å². The number of hydrogen-bond acceptors (Lipinski definition) is 9. The summed E-state index contributed by atoms with van der Waals surface area (Å²) in [5, 5.41) is 4.14. The molecule has 1 unspecified atom stereocenters. The fourth-order valence-corrected chi connectivity index (χ4v) is 7.89. The van der Waals surface area contributed by atoms with Crippen LogP contribution in [-0.2, 0) is 39.2 Å². The average Bonchev–Trinajstić information content (AvgIpc) is 3.75. The number of aromatic amines is 1. The summed E-state index contributed by atoms with van der Waals surface area (Å²) in [6, 6.07) is 17.3. The van der Waals surface area contributed by atoms with E-state index >= 15 is 0 Å². The van der Waals surface area contributed by atoms with E-state index in [0.717, 1.165) is 65.0 Å². The molecule has 9 nitrogen and oxygen atoms in total. The van der Waals surface area contributed by atoms with Crippen LogP contribution in [0.25, 0.3) is 0 Å². The summed E-state index contributed by atoms with van der Waals surface area (Å²) in [4.78, 5) is 34.3. The van der Waals surface area contributed by atoms with Crippen molar-refractivity contribution < 1.29 is 33.5 Å². The number of methoxy groups -OCH3 is 2. The van der Waals surface area contributed by atoms with Crippen LogP contribution < -0.4 is 19.8 Å². The second kappa shape index (κ2) is 15.3. The number of halogens is 1. The summed E-state index contributed by atoms with van der Waals surface area (Å²) < 4.78 is 23.4. The van der Waals surface area contributed by atoms with Crippen molar-refractivity contribution in [2.45, 2.75) is 63.3 Å². The van der Waals surface area contributed by atoms with E-state index in [1.807, 2.05) is 49.5 Å². The number of nitrogens with one attached hydrogen (secondary N) is 2. The molecule has 1 fully saturated rings. The summed E-state index contributed by atoms with van der Waals surface area (Å²) in [5.41, 5.74) is 3.74. The summed E-state index contributed by atoms with van der Waals surface area (Å²) in [7, 11) is 5.24. The molecule has 0 saturated carbocycles. The van der Waals surface area contributed by atoms with Gasteiger partial charge in [0.1, 0.15) is 27.6 Å². The number of carbonyl (C=O) groups excluding carboxylic acids is 2. The molecule has 2 aromatic carbocycles. The fourth-order valence-electron chi connectivity index (χ4n) is 6.77. The molecule has 2 aliphatic rings. The molecule has 6 rings (SSSR count). The number of hydrogen-bond donors (Lipinski definition) is 1. The number of aromatic nitrogens is 1. The van der Waals surface area contributed by atoms with Gasteiger partial charge in [-0.1, -0.05) is 41.9 Å². The molecule has 49 heavy (non-hydrogen) atoms. The van der Waals surface area contributed by atoms with E-state index in [9.17, 15) is 9.59 Å². The maximum atomic E-state index is 14.0. The molecule has 4 aromatic rings. The molecule has 2 aromatic heterocycles. The van der Waals surface area contributed by atoms with Gasteiger partial charge in [-0.2, -0.15) is 0 Å². The number of fused-ring (bicyclic) bond motifs is 1. The van der Waals surface area contributed by atoms with E-state index in [-0.39, 0.29) is 12.1 Å². The highest BCUT2D eigenvalue weighted by atomic mass is 35.5. The first-order valence-corrected chi connectivity index (χ1v) is 17.8. The number of thiophene rings is 1. The Morgan fingerprint density at radius 1 is 1.06 bits per heavy atom. The Labute approximate surface area is 296 Å². The van der Waals surface area contributed by atoms with Crippen molar-refractivity contribution in [2.75, 3.05) is 34.4 Å². The standard InChI is InChI=1S/C38H42ClN3O6S/c1-24-21-40-23-31(39)29(24)20-33(26-9-11-32(45-3)34(19-26)46-4)48-36(43)35-12-10-28(49-35)22-41-38(16-13-25-7-5-6-8-30(25)38)37(44)47-27-14-17-42(2)18-15-27/h5-12,19,21,23,27,33,41H,13-18,20,22H2,1-4H3/p+1/t33-,38?/m0/s1. The van der Waals surface area contributed by atoms with E-state index in [4.69, 9.17) is 30.5 Å². The lowest BCUT2D eigenvalue weighted by Gasteiger charge is -2.34. The molecule has 0 spiro atoms. The van der Waals surface area contributed by atoms with Crippen LogP contribution in [0.5, 0.6) is 11.5 Å².